The van der Waals surface area contributed by atoms with E-state index in [1.165, 1.54) is 19.2 Å². The summed E-state index contributed by atoms with van der Waals surface area (Å²) < 4.78 is 17.9. The van der Waals surface area contributed by atoms with E-state index in [1.807, 2.05) is 6.07 Å². The number of benzene rings is 1. The Balaban J connectivity index is 3.38. The van der Waals surface area contributed by atoms with Crippen LogP contribution >= 0.6 is 15.9 Å². The molecule has 0 N–H and O–H groups in total. The number of nitrogens with zero attached hydrogens (tertiary/aromatic N) is 1. The zero-order valence-electron chi connectivity index (χ0n) is 6.27. The van der Waals surface area contributed by atoms with Crippen LogP contribution in [0.25, 0.3) is 0 Å². The van der Waals surface area contributed by atoms with Gasteiger partial charge in [0.2, 0.25) is 0 Å². The van der Waals surface area contributed by atoms with Gasteiger partial charge >= 0.3 is 0 Å². The monoisotopic (exact) mass is 229 g/mol. The molecule has 0 saturated heterocycles. The van der Waals surface area contributed by atoms with Crippen LogP contribution in [0.3, 0.4) is 0 Å². The number of halogens is 2. The average Bonchev–Trinajstić information content (AvgIpc) is 2.09. The fourth-order valence-corrected chi connectivity index (χ4v) is 1.33. The van der Waals surface area contributed by atoms with Crippen molar-refractivity contribution in [3.63, 3.8) is 0 Å². The molecule has 1 rings (SSSR count). The van der Waals surface area contributed by atoms with Gasteiger partial charge in [0.1, 0.15) is 11.9 Å². The predicted molar refractivity (Wildman–Crippen MR) is 45.4 cm³/mol. The van der Waals surface area contributed by atoms with Crippen LogP contribution < -0.4 is 4.74 Å². The van der Waals surface area contributed by atoms with Gasteiger partial charge in [0, 0.05) is 0 Å². The molecule has 12 heavy (non-hydrogen) atoms. The molecule has 0 atom stereocenters. The van der Waals surface area contributed by atoms with E-state index in [9.17, 15) is 4.39 Å². The summed E-state index contributed by atoms with van der Waals surface area (Å²) in [6.07, 6.45) is 0. The zero-order chi connectivity index (χ0) is 9.14. The van der Waals surface area contributed by atoms with E-state index < -0.39 is 5.82 Å². The molecule has 0 saturated carbocycles. The van der Waals surface area contributed by atoms with Crippen LogP contribution in [0.15, 0.2) is 16.6 Å². The molecule has 0 unspecified atom stereocenters. The van der Waals surface area contributed by atoms with Gasteiger partial charge < -0.3 is 4.74 Å². The SMILES string of the molecule is COc1c(C#N)ccc(F)c1Br. The third kappa shape index (κ3) is 1.41. The largest absolute Gasteiger partial charge is 0.494 e. The maximum atomic E-state index is 12.8. The first kappa shape index (κ1) is 9.01. The lowest BCUT2D eigenvalue weighted by molar-refractivity contribution is 0.406. The first-order chi connectivity index (χ1) is 5.70. The predicted octanol–water partition coefficient (Wildman–Crippen LogP) is 2.47. The van der Waals surface area contributed by atoms with E-state index in [4.69, 9.17) is 10.00 Å². The van der Waals surface area contributed by atoms with Gasteiger partial charge in [-0.1, -0.05) is 0 Å². The van der Waals surface area contributed by atoms with Gasteiger partial charge in [-0.2, -0.15) is 5.26 Å². The first-order valence-corrected chi connectivity index (χ1v) is 3.92. The molecule has 0 heterocycles. The van der Waals surface area contributed by atoms with Crippen molar-refractivity contribution in [3.05, 3.63) is 28.0 Å². The molecule has 62 valence electrons. The molecule has 0 radical (unpaired) electrons. The highest BCUT2D eigenvalue weighted by Crippen LogP contribution is 2.30. The number of ether oxygens (including phenoxy) is 1. The lowest BCUT2D eigenvalue weighted by atomic mass is 10.2. The number of nitriles is 1. The van der Waals surface area contributed by atoms with Crippen LogP contribution in [-0.4, -0.2) is 7.11 Å². The summed E-state index contributed by atoms with van der Waals surface area (Å²) >= 11 is 2.98. The van der Waals surface area contributed by atoms with Crippen LogP contribution in [0.5, 0.6) is 5.75 Å². The quantitative estimate of drug-likeness (QED) is 0.742. The van der Waals surface area contributed by atoms with Crippen molar-refractivity contribution in [2.24, 2.45) is 0 Å². The Morgan fingerprint density at radius 2 is 2.25 bits per heavy atom. The fourth-order valence-electron chi connectivity index (χ4n) is 0.820. The second-order valence-electron chi connectivity index (χ2n) is 2.05. The molecule has 0 aliphatic rings. The molecule has 0 fully saturated rings. The van der Waals surface area contributed by atoms with E-state index in [-0.39, 0.29) is 10.2 Å². The minimum absolute atomic E-state index is 0.184. The highest BCUT2D eigenvalue weighted by atomic mass is 79.9. The van der Waals surface area contributed by atoms with Gasteiger partial charge in [0.05, 0.1) is 17.1 Å². The zero-order valence-corrected chi connectivity index (χ0v) is 7.85. The smallest absolute Gasteiger partial charge is 0.153 e. The summed E-state index contributed by atoms with van der Waals surface area (Å²) in [5.41, 5.74) is 0.311. The molecule has 0 bridgehead atoms. The molecule has 1 aromatic carbocycles. The van der Waals surface area contributed by atoms with Gasteiger partial charge in [-0.15, -0.1) is 0 Å². The van der Waals surface area contributed by atoms with Crippen molar-refractivity contribution in [2.45, 2.75) is 0 Å². The minimum atomic E-state index is -0.439. The lowest BCUT2D eigenvalue weighted by Crippen LogP contribution is -1.91. The second kappa shape index (κ2) is 3.55. The van der Waals surface area contributed by atoms with Crippen molar-refractivity contribution < 1.29 is 9.13 Å². The third-order valence-corrected chi connectivity index (χ3v) is 2.11. The summed E-state index contributed by atoms with van der Waals surface area (Å²) in [5, 5.41) is 8.59. The number of methoxy groups -OCH3 is 1. The lowest BCUT2D eigenvalue weighted by Gasteiger charge is -2.04. The Labute approximate surface area is 77.7 Å². The van der Waals surface area contributed by atoms with Crippen molar-refractivity contribution in [3.8, 4) is 11.8 Å². The number of hydrogen-bond donors (Lipinski definition) is 0. The summed E-state index contributed by atoms with van der Waals surface area (Å²) in [6, 6.07) is 4.48. The van der Waals surface area contributed by atoms with E-state index >= 15 is 0 Å². The van der Waals surface area contributed by atoms with Crippen molar-refractivity contribution in [1.82, 2.24) is 0 Å². The first-order valence-electron chi connectivity index (χ1n) is 3.12. The second-order valence-corrected chi connectivity index (χ2v) is 2.85. The third-order valence-electron chi connectivity index (χ3n) is 1.37. The molecule has 4 heteroatoms. The van der Waals surface area contributed by atoms with Crippen LogP contribution in [-0.2, 0) is 0 Å². The van der Waals surface area contributed by atoms with Crippen LogP contribution in [0.2, 0.25) is 0 Å². The molecule has 0 aliphatic heterocycles. The summed E-state index contributed by atoms with van der Waals surface area (Å²) in [7, 11) is 1.39. The van der Waals surface area contributed by atoms with E-state index in [0.717, 1.165) is 0 Å². The van der Waals surface area contributed by atoms with E-state index in [2.05, 4.69) is 15.9 Å². The highest BCUT2D eigenvalue weighted by Gasteiger charge is 2.10. The molecule has 1 aromatic rings. The summed E-state index contributed by atoms with van der Waals surface area (Å²) in [5.74, 6) is -0.205. The van der Waals surface area contributed by atoms with E-state index in [0.29, 0.717) is 5.56 Å². The Morgan fingerprint density at radius 1 is 1.58 bits per heavy atom. The van der Waals surface area contributed by atoms with Crippen LogP contribution in [0.4, 0.5) is 4.39 Å². The van der Waals surface area contributed by atoms with Gasteiger partial charge in [0.15, 0.2) is 5.75 Å². The number of hydrogen-bond acceptors (Lipinski definition) is 2. The Bertz CT molecular complexity index is 346. The van der Waals surface area contributed by atoms with Crippen molar-refractivity contribution in [1.29, 1.82) is 5.26 Å². The summed E-state index contributed by atoms with van der Waals surface area (Å²) in [6.45, 7) is 0. The molecule has 2 nitrogen and oxygen atoms in total. The van der Waals surface area contributed by atoms with Crippen LogP contribution in [0.1, 0.15) is 5.56 Å². The Hall–Kier alpha value is -1.08. The minimum Gasteiger partial charge on any atom is -0.494 e. The molecular formula is C8H5BrFNO. The number of rotatable bonds is 1. The molecule has 0 aromatic heterocycles. The molecule has 0 amide bonds. The average molecular weight is 230 g/mol. The molecule has 0 spiro atoms. The van der Waals surface area contributed by atoms with Gasteiger partial charge in [-0.05, 0) is 28.1 Å². The van der Waals surface area contributed by atoms with Crippen molar-refractivity contribution in [2.75, 3.05) is 7.11 Å². The van der Waals surface area contributed by atoms with Gasteiger partial charge in [-0.3, -0.25) is 0 Å². The van der Waals surface area contributed by atoms with Crippen LogP contribution in [0, 0.1) is 17.1 Å². The van der Waals surface area contributed by atoms with Gasteiger partial charge in [-0.25, -0.2) is 4.39 Å². The topological polar surface area (TPSA) is 33.0 Å². The fraction of sp³-hybridized carbons (Fsp3) is 0.125. The highest BCUT2D eigenvalue weighted by molar-refractivity contribution is 9.10. The maximum Gasteiger partial charge on any atom is 0.153 e. The maximum absolute atomic E-state index is 12.8. The van der Waals surface area contributed by atoms with Crippen molar-refractivity contribution >= 4 is 15.9 Å². The normalized spacial score (nSPS) is 9.17. The van der Waals surface area contributed by atoms with E-state index in [1.54, 1.807) is 0 Å². The summed E-state index contributed by atoms with van der Waals surface area (Å²) in [4.78, 5) is 0. The standard InChI is InChI=1S/C8H5BrFNO/c1-12-8-5(4-11)2-3-6(10)7(8)9/h2-3H,1H3. The molecule has 0 aliphatic carbocycles. The Kier molecular flexibility index (Phi) is 2.66. The molecular weight excluding hydrogens is 225 g/mol. The Morgan fingerprint density at radius 3 is 2.75 bits per heavy atom. The van der Waals surface area contributed by atoms with Gasteiger partial charge in [0.25, 0.3) is 0 Å².